The van der Waals surface area contributed by atoms with Crippen LogP contribution in [0.1, 0.15) is 38.8 Å². The van der Waals surface area contributed by atoms with E-state index >= 15 is 0 Å². The molecule has 2 heterocycles. The van der Waals surface area contributed by atoms with Gasteiger partial charge in [0, 0.05) is 38.4 Å². The minimum absolute atomic E-state index is 0.0184. The molecular formula is C21H30N4OS. The summed E-state index contributed by atoms with van der Waals surface area (Å²) in [4.78, 5) is 22.3. The highest BCUT2D eigenvalue weighted by Crippen LogP contribution is 2.18. The number of aryl methyl sites for hydroxylation is 3. The first-order valence-corrected chi connectivity index (χ1v) is 10.6. The highest BCUT2D eigenvalue weighted by molar-refractivity contribution is 7.13. The van der Waals surface area contributed by atoms with E-state index in [2.05, 4.69) is 51.3 Å². The summed E-state index contributed by atoms with van der Waals surface area (Å²) < 4.78 is 0. The third-order valence-corrected chi connectivity index (χ3v) is 6.11. The first kappa shape index (κ1) is 19.8. The Kier molecular flexibility index (Phi) is 6.85. The van der Waals surface area contributed by atoms with Crippen molar-refractivity contribution in [2.75, 3.05) is 44.2 Å². The fraction of sp³-hybridized carbons (Fsp3) is 0.524. The van der Waals surface area contributed by atoms with Gasteiger partial charge in [-0.25, -0.2) is 4.98 Å². The maximum atomic E-state index is 12.2. The van der Waals surface area contributed by atoms with Crippen molar-refractivity contribution in [1.29, 1.82) is 0 Å². The number of unbranched alkanes of at least 4 members (excludes halogenated alkanes) is 1. The lowest BCUT2D eigenvalue weighted by Crippen LogP contribution is -2.46. The largest absolute Gasteiger partial charge is 0.369 e. The van der Waals surface area contributed by atoms with Gasteiger partial charge in [0.1, 0.15) is 4.88 Å². The number of carbonyl (C=O) groups is 1. The van der Waals surface area contributed by atoms with E-state index in [4.69, 9.17) is 0 Å². The van der Waals surface area contributed by atoms with Crippen LogP contribution in [0.5, 0.6) is 0 Å². The second kappa shape index (κ2) is 9.33. The molecule has 6 heteroatoms. The van der Waals surface area contributed by atoms with Gasteiger partial charge in [-0.15, -0.1) is 11.3 Å². The number of anilines is 1. The van der Waals surface area contributed by atoms with E-state index in [1.807, 2.05) is 13.8 Å². The van der Waals surface area contributed by atoms with Crippen LogP contribution in [0.15, 0.2) is 24.3 Å². The zero-order chi connectivity index (χ0) is 19.2. The van der Waals surface area contributed by atoms with Crippen LogP contribution < -0.4 is 10.2 Å². The Morgan fingerprint density at radius 2 is 1.93 bits per heavy atom. The topological polar surface area (TPSA) is 48.5 Å². The van der Waals surface area contributed by atoms with Gasteiger partial charge in [-0.3, -0.25) is 9.69 Å². The summed E-state index contributed by atoms with van der Waals surface area (Å²) in [7, 11) is 0. The summed E-state index contributed by atoms with van der Waals surface area (Å²) in [6.07, 6.45) is 2.13. The van der Waals surface area contributed by atoms with E-state index in [1.54, 1.807) is 0 Å². The van der Waals surface area contributed by atoms with Crippen molar-refractivity contribution in [1.82, 2.24) is 15.2 Å². The molecule has 1 aliphatic rings. The van der Waals surface area contributed by atoms with Gasteiger partial charge in [0.2, 0.25) is 0 Å². The summed E-state index contributed by atoms with van der Waals surface area (Å²) in [5.74, 6) is 0.0184. The molecule has 1 N–H and O–H groups in total. The number of aromatic nitrogens is 1. The van der Waals surface area contributed by atoms with Crippen LogP contribution in [0.25, 0.3) is 0 Å². The zero-order valence-electron chi connectivity index (χ0n) is 16.6. The Balaban J connectivity index is 1.31. The molecule has 1 aromatic heterocycles. The Bertz CT molecular complexity index is 765. The lowest BCUT2D eigenvalue weighted by atomic mass is 10.2. The van der Waals surface area contributed by atoms with Crippen molar-refractivity contribution in [3.8, 4) is 0 Å². The molecule has 0 unspecified atom stereocenters. The van der Waals surface area contributed by atoms with Gasteiger partial charge in [0.05, 0.1) is 10.7 Å². The van der Waals surface area contributed by atoms with E-state index in [9.17, 15) is 4.79 Å². The molecule has 2 aromatic rings. The van der Waals surface area contributed by atoms with Gasteiger partial charge in [-0.2, -0.15) is 0 Å². The fourth-order valence-corrected chi connectivity index (χ4v) is 4.38. The summed E-state index contributed by atoms with van der Waals surface area (Å²) >= 11 is 1.47. The van der Waals surface area contributed by atoms with Gasteiger partial charge in [-0.05, 0) is 57.9 Å². The Hall–Kier alpha value is -1.92. The molecule has 0 spiro atoms. The molecule has 0 atom stereocenters. The van der Waals surface area contributed by atoms with Crippen molar-refractivity contribution < 1.29 is 4.79 Å². The number of rotatable bonds is 7. The zero-order valence-corrected chi connectivity index (χ0v) is 17.4. The SMILES string of the molecule is Cc1cccc(N2CCN(CCCCNC(=O)c3sc(C)nc3C)CC2)c1. The second-order valence-corrected chi connectivity index (χ2v) is 8.48. The summed E-state index contributed by atoms with van der Waals surface area (Å²) in [6, 6.07) is 8.76. The van der Waals surface area contributed by atoms with E-state index in [0.717, 1.165) is 67.7 Å². The average Bonchev–Trinajstić information content (AvgIpc) is 3.00. The van der Waals surface area contributed by atoms with Crippen LogP contribution in [0, 0.1) is 20.8 Å². The Morgan fingerprint density at radius 3 is 2.59 bits per heavy atom. The number of amides is 1. The van der Waals surface area contributed by atoms with Crippen LogP contribution in [0.3, 0.4) is 0 Å². The van der Waals surface area contributed by atoms with Crippen LogP contribution in [-0.2, 0) is 0 Å². The Morgan fingerprint density at radius 1 is 1.15 bits per heavy atom. The standard InChI is InChI=1S/C21H30N4OS/c1-16-7-6-8-19(15-16)25-13-11-24(12-14-25)10-5-4-9-22-21(26)20-17(2)23-18(3)27-20/h6-8,15H,4-5,9-14H2,1-3H3,(H,22,26). The minimum atomic E-state index is 0.0184. The Labute approximate surface area is 166 Å². The molecule has 1 saturated heterocycles. The van der Waals surface area contributed by atoms with Gasteiger partial charge >= 0.3 is 0 Å². The first-order chi connectivity index (χ1) is 13.0. The molecule has 1 aliphatic heterocycles. The minimum Gasteiger partial charge on any atom is -0.369 e. The van der Waals surface area contributed by atoms with Crippen molar-refractivity contribution in [2.45, 2.75) is 33.6 Å². The fourth-order valence-electron chi connectivity index (χ4n) is 3.54. The average molecular weight is 387 g/mol. The second-order valence-electron chi connectivity index (χ2n) is 7.28. The van der Waals surface area contributed by atoms with E-state index in [-0.39, 0.29) is 5.91 Å². The van der Waals surface area contributed by atoms with Crippen molar-refractivity contribution >= 4 is 22.9 Å². The van der Waals surface area contributed by atoms with Crippen LogP contribution in [0.2, 0.25) is 0 Å². The number of nitrogens with one attached hydrogen (secondary N) is 1. The summed E-state index contributed by atoms with van der Waals surface area (Å²) in [5.41, 5.74) is 3.49. The number of thiazole rings is 1. The van der Waals surface area contributed by atoms with Crippen LogP contribution >= 0.6 is 11.3 Å². The molecule has 0 aliphatic carbocycles. The first-order valence-electron chi connectivity index (χ1n) is 9.79. The molecule has 0 saturated carbocycles. The molecule has 0 radical (unpaired) electrons. The van der Waals surface area contributed by atoms with Crippen LogP contribution in [-0.4, -0.2) is 55.1 Å². The van der Waals surface area contributed by atoms with Crippen molar-refractivity contribution in [2.24, 2.45) is 0 Å². The molecule has 1 amide bonds. The molecular weight excluding hydrogens is 356 g/mol. The number of nitrogens with zero attached hydrogens (tertiary/aromatic N) is 3. The smallest absolute Gasteiger partial charge is 0.263 e. The normalized spacial score (nSPS) is 15.1. The van der Waals surface area contributed by atoms with E-state index < -0.39 is 0 Å². The highest BCUT2D eigenvalue weighted by Gasteiger charge is 2.17. The summed E-state index contributed by atoms with van der Waals surface area (Å²) in [5, 5.41) is 3.98. The number of carbonyl (C=O) groups excluding carboxylic acids is 1. The van der Waals surface area contributed by atoms with Crippen molar-refractivity contribution in [3.63, 3.8) is 0 Å². The molecule has 0 bridgehead atoms. The maximum Gasteiger partial charge on any atom is 0.263 e. The van der Waals surface area contributed by atoms with Crippen LogP contribution in [0.4, 0.5) is 5.69 Å². The number of hydrogen-bond donors (Lipinski definition) is 1. The van der Waals surface area contributed by atoms with Crippen molar-refractivity contribution in [3.05, 3.63) is 45.4 Å². The van der Waals surface area contributed by atoms with Gasteiger partial charge in [-0.1, -0.05) is 12.1 Å². The molecule has 1 aromatic carbocycles. The third kappa shape index (κ3) is 5.53. The predicted molar refractivity (Wildman–Crippen MR) is 113 cm³/mol. The number of benzene rings is 1. The summed E-state index contributed by atoms with van der Waals surface area (Å²) in [6.45, 7) is 12.2. The highest BCUT2D eigenvalue weighted by atomic mass is 32.1. The molecule has 5 nitrogen and oxygen atoms in total. The molecule has 3 rings (SSSR count). The molecule has 1 fully saturated rings. The molecule has 146 valence electrons. The van der Waals surface area contributed by atoms with Gasteiger partial charge < -0.3 is 10.2 Å². The van der Waals surface area contributed by atoms with Gasteiger partial charge in [0.25, 0.3) is 5.91 Å². The third-order valence-electron chi connectivity index (χ3n) is 5.04. The number of hydrogen-bond acceptors (Lipinski definition) is 5. The van der Waals surface area contributed by atoms with E-state index in [0.29, 0.717) is 0 Å². The maximum absolute atomic E-state index is 12.2. The predicted octanol–water partition coefficient (Wildman–Crippen LogP) is 3.40. The monoisotopic (exact) mass is 386 g/mol. The quantitative estimate of drug-likeness (QED) is 0.741. The molecule has 27 heavy (non-hydrogen) atoms. The van der Waals surface area contributed by atoms with E-state index in [1.165, 1.54) is 22.6 Å². The lowest BCUT2D eigenvalue weighted by molar-refractivity contribution is 0.0955. The lowest BCUT2D eigenvalue weighted by Gasteiger charge is -2.36. The number of piperazine rings is 1. The van der Waals surface area contributed by atoms with Gasteiger partial charge in [0.15, 0.2) is 0 Å².